The van der Waals surface area contributed by atoms with Crippen molar-refractivity contribution < 1.29 is 4.42 Å². The first kappa shape index (κ1) is 11.2. The van der Waals surface area contributed by atoms with Crippen molar-refractivity contribution in [1.82, 2.24) is 9.55 Å². The van der Waals surface area contributed by atoms with Crippen LogP contribution >= 0.6 is 11.6 Å². The summed E-state index contributed by atoms with van der Waals surface area (Å²) in [6.45, 7) is 2.46. The summed E-state index contributed by atoms with van der Waals surface area (Å²) < 4.78 is 7.44. The van der Waals surface area contributed by atoms with Crippen molar-refractivity contribution in [2.45, 2.75) is 13.5 Å². The highest BCUT2D eigenvalue weighted by Gasteiger charge is 2.12. The Morgan fingerprint density at radius 1 is 1.33 bits per heavy atom. The maximum Gasteiger partial charge on any atom is 0.201 e. The van der Waals surface area contributed by atoms with Crippen molar-refractivity contribution in [2.24, 2.45) is 0 Å². The van der Waals surface area contributed by atoms with Crippen molar-refractivity contribution >= 4 is 28.6 Å². The molecule has 0 saturated carbocycles. The number of furan rings is 1. The van der Waals surface area contributed by atoms with E-state index >= 15 is 0 Å². The summed E-state index contributed by atoms with van der Waals surface area (Å²) in [6, 6.07) is 9.50. The number of anilines is 1. The van der Waals surface area contributed by atoms with Crippen molar-refractivity contribution in [3.05, 3.63) is 46.9 Å². The number of imidazole rings is 1. The van der Waals surface area contributed by atoms with Crippen LogP contribution in [0.5, 0.6) is 0 Å². The number of benzene rings is 1. The minimum Gasteiger partial charge on any atom is -0.464 e. The number of nitrogens with two attached hydrogens (primary N) is 1. The molecule has 3 aromatic rings. The van der Waals surface area contributed by atoms with Crippen LogP contribution in [0.3, 0.4) is 0 Å². The lowest BCUT2D eigenvalue weighted by atomic mass is 10.3. The van der Waals surface area contributed by atoms with Crippen LogP contribution < -0.4 is 5.73 Å². The van der Waals surface area contributed by atoms with E-state index in [0.29, 0.717) is 17.5 Å². The molecule has 0 aliphatic rings. The third-order valence-corrected chi connectivity index (χ3v) is 3.17. The van der Waals surface area contributed by atoms with Gasteiger partial charge in [0.05, 0.1) is 17.1 Å². The van der Waals surface area contributed by atoms with Crippen LogP contribution in [0, 0.1) is 6.92 Å². The number of aryl methyl sites for hydroxylation is 1. The number of fused-ring (bicyclic) bond motifs is 1. The molecule has 2 aromatic heterocycles. The van der Waals surface area contributed by atoms with Crippen LogP contribution in [-0.2, 0) is 6.54 Å². The Hall–Kier alpha value is -1.94. The lowest BCUT2D eigenvalue weighted by Gasteiger charge is -2.03. The van der Waals surface area contributed by atoms with Gasteiger partial charge < -0.3 is 14.7 Å². The number of hydrogen-bond donors (Lipinski definition) is 1. The number of rotatable bonds is 2. The fourth-order valence-corrected chi connectivity index (χ4v) is 2.23. The summed E-state index contributed by atoms with van der Waals surface area (Å²) in [5.41, 5.74) is 7.56. The summed E-state index contributed by atoms with van der Waals surface area (Å²) in [5.74, 6) is 2.16. The molecule has 0 bridgehead atoms. The van der Waals surface area contributed by atoms with E-state index in [1.165, 1.54) is 0 Å². The minimum absolute atomic E-state index is 0.437. The standard InChI is InChI=1S/C13H12ClN3O/c1-8-5-6-9(18-8)7-17-11-4-2-3-10(14)12(11)16-13(17)15/h2-6H,7H2,1H3,(H2,15,16). The average molecular weight is 262 g/mol. The highest BCUT2D eigenvalue weighted by molar-refractivity contribution is 6.35. The van der Waals surface area contributed by atoms with Gasteiger partial charge in [-0.15, -0.1) is 0 Å². The Kier molecular flexibility index (Phi) is 2.52. The van der Waals surface area contributed by atoms with E-state index in [2.05, 4.69) is 4.98 Å². The molecular formula is C13H12ClN3O. The normalized spacial score (nSPS) is 11.2. The van der Waals surface area contributed by atoms with Crippen LogP contribution in [0.2, 0.25) is 5.02 Å². The molecule has 0 saturated heterocycles. The lowest BCUT2D eigenvalue weighted by Crippen LogP contribution is -2.03. The topological polar surface area (TPSA) is 57.0 Å². The Labute approximate surface area is 109 Å². The molecule has 0 atom stereocenters. The van der Waals surface area contributed by atoms with Crippen LogP contribution in [0.15, 0.2) is 34.7 Å². The zero-order chi connectivity index (χ0) is 12.7. The Balaban J connectivity index is 2.11. The SMILES string of the molecule is Cc1ccc(Cn2c(N)nc3c(Cl)cccc32)o1. The number of aromatic nitrogens is 2. The van der Waals surface area contributed by atoms with Gasteiger partial charge in [0.25, 0.3) is 0 Å². The van der Waals surface area contributed by atoms with Gasteiger partial charge in [0.15, 0.2) is 0 Å². The molecule has 0 unspecified atom stereocenters. The van der Waals surface area contributed by atoms with Gasteiger partial charge >= 0.3 is 0 Å². The predicted octanol–water partition coefficient (Wildman–Crippen LogP) is 3.22. The summed E-state index contributed by atoms with van der Waals surface area (Å²) in [7, 11) is 0. The fraction of sp³-hybridized carbons (Fsp3) is 0.154. The van der Waals surface area contributed by atoms with Gasteiger partial charge in [-0.05, 0) is 31.2 Å². The largest absolute Gasteiger partial charge is 0.464 e. The van der Waals surface area contributed by atoms with E-state index in [1.807, 2.05) is 35.8 Å². The highest BCUT2D eigenvalue weighted by Crippen LogP contribution is 2.25. The van der Waals surface area contributed by atoms with Crippen LogP contribution in [0.25, 0.3) is 11.0 Å². The number of nitrogens with zero attached hydrogens (tertiary/aromatic N) is 2. The maximum atomic E-state index is 6.09. The molecule has 3 rings (SSSR count). The molecule has 92 valence electrons. The number of nitrogen functional groups attached to an aromatic ring is 1. The molecule has 5 heteroatoms. The third-order valence-electron chi connectivity index (χ3n) is 2.87. The Morgan fingerprint density at radius 3 is 2.89 bits per heavy atom. The van der Waals surface area contributed by atoms with Crippen LogP contribution in [-0.4, -0.2) is 9.55 Å². The molecule has 2 N–H and O–H groups in total. The van der Waals surface area contributed by atoms with Gasteiger partial charge in [0, 0.05) is 0 Å². The van der Waals surface area contributed by atoms with Crippen molar-refractivity contribution in [3.63, 3.8) is 0 Å². The van der Waals surface area contributed by atoms with Crippen molar-refractivity contribution in [2.75, 3.05) is 5.73 Å². The summed E-state index contributed by atoms with van der Waals surface area (Å²) in [5, 5.41) is 0.605. The van der Waals surface area contributed by atoms with Gasteiger partial charge in [-0.25, -0.2) is 4.98 Å². The molecule has 0 spiro atoms. The zero-order valence-corrected chi connectivity index (χ0v) is 10.6. The molecule has 0 radical (unpaired) electrons. The number of halogens is 1. The Morgan fingerprint density at radius 2 is 2.17 bits per heavy atom. The second-order valence-electron chi connectivity index (χ2n) is 4.18. The highest BCUT2D eigenvalue weighted by atomic mass is 35.5. The van der Waals surface area contributed by atoms with Crippen molar-refractivity contribution in [3.8, 4) is 0 Å². The molecule has 0 fully saturated rings. The fourth-order valence-electron chi connectivity index (χ4n) is 2.02. The van der Waals surface area contributed by atoms with Gasteiger partial charge in [-0.1, -0.05) is 17.7 Å². The molecule has 18 heavy (non-hydrogen) atoms. The van der Waals surface area contributed by atoms with E-state index in [9.17, 15) is 0 Å². The first-order valence-electron chi connectivity index (χ1n) is 5.60. The maximum absolute atomic E-state index is 6.09. The molecular weight excluding hydrogens is 250 g/mol. The summed E-state index contributed by atoms with van der Waals surface area (Å²) in [6.07, 6.45) is 0. The van der Waals surface area contributed by atoms with Crippen LogP contribution in [0.1, 0.15) is 11.5 Å². The molecule has 0 aliphatic heterocycles. The van der Waals surface area contributed by atoms with Crippen LogP contribution in [0.4, 0.5) is 5.95 Å². The number of para-hydroxylation sites is 1. The quantitative estimate of drug-likeness (QED) is 0.771. The second kappa shape index (κ2) is 4.07. The first-order chi connectivity index (χ1) is 8.65. The smallest absolute Gasteiger partial charge is 0.201 e. The minimum atomic E-state index is 0.437. The van der Waals surface area contributed by atoms with E-state index < -0.39 is 0 Å². The van der Waals surface area contributed by atoms with E-state index in [4.69, 9.17) is 21.8 Å². The molecule has 2 heterocycles. The van der Waals surface area contributed by atoms with Gasteiger partial charge in [0.2, 0.25) is 5.95 Å². The second-order valence-corrected chi connectivity index (χ2v) is 4.58. The third kappa shape index (κ3) is 1.75. The number of hydrogen-bond acceptors (Lipinski definition) is 3. The van der Waals surface area contributed by atoms with E-state index in [1.54, 1.807) is 6.07 Å². The monoisotopic (exact) mass is 261 g/mol. The molecule has 0 aliphatic carbocycles. The van der Waals surface area contributed by atoms with Gasteiger partial charge in [0.1, 0.15) is 17.0 Å². The zero-order valence-electron chi connectivity index (χ0n) is 9.85. The van der Waals surface area contributed by atoms with Gasteiger partial charge in [-0.2, -0.15) is 0 Å². The average Bonchev–Trinajstić information content (AvgIpc) is 2.87. The van der Waals surface area contributed by atoms with E-state index in [-0.39, 0.29) is 0 Å². The summed E-state index contributed by atoms with van der Waals surface area (Å²) in [4.78, 5) is 4.28. The Bertz CT molecular complexity index is 714. The van der Waals surface area contributed by atoms with Gasteiger partial charge in [-0.3, -0.25) is 0 Å². The van der Waals surface area contributed by atoms with E-state index in [0.717, 1.165) is 22.6 Å². The first-order valence-corrected chi connectivity index (χ1v) is 5.98. The molecule has 4 nitrogen and oxygen atoms in total. The predicted molar refractivity (Wildman–Crippen MR) is 71.7 cm³/mol. The molecule has 1 aromatic carbocycles. The molecule has 0 amide bonds. The van der Waals surface area contributed by atoms with Crippen molar-refractivity contribution in [1.29, 1.82) is 0 Å². The summed E-state index contributed by atoms with van der Waals surface area (Å²) >= 11 is 6.09. The lowest BCUT2D eigenvalue weighted by molar-refractivity contribution is 0.473.